The van der Waals surface area contributed by atoms with Crippen molar-refractivity contribution in [2.75, 3.05) is 0 Å². The van der Waals surface area contributed by atoms with Crippen molar-refractivity contribution in [2.24, 2.45) is 14.1 Å². The molecule has 0 aliphatic heterocycles. The highest BCUT2D eigenvalue weighted by Gasteiger charge is 2.13. The molecule has 3 aromatic carbocycles. The number of nitriles is 4. The Labute approximate surface area is 181 Å². The fraction of sp³-hybridized carbons (Fsp3) is 0.0833. The van der Waals surface area contributed by atoms with Crippen LogP contribution in [0.4, 0.5) is 0 Å². The zero-order chi connectivity index (χ0) is 22.6. The summed E-state index contributed by atoms with van der Waals surface area (Å²) in [5, 5.41) is 40.9. The molecular weight excluding hydrogens is 400 g/mol. The van der Waals surface area contributed by atoms with E-state index >= 15 is 0 Å². The maximum absolute atomic E-state index is 9.25. The van der Waals surface area contributed by atoms with Gasteiger partial charge in [0.1, 0.15) is 24.3 Å². The zero-order valence-corrected chi connectivity index (χ0v) is 17.0. The topological polar surface area (TPSA) is 131 Å². The standard InChI is InChI=1S/C24H12N8/c1-31-21-7-17-13(5-19(21)29-23(31)15(9-25)10-26)3-4-14-6-20-22(8-18(14)17)32(2)24(30-20)16(11-27)12-28/h3-8H,1-2H3. The Balaban J connectivity index is 1.94. The summed E-state index contributed by atoms with van der Waals surface area (Å²) >= 11 is 0. The van der Waals surface area contributed by atoms with E-state index in [0.717, 1.165) is 32.6 Å². The van der Waals surface area contributed by atoms with Gasteiger partial charge < -0.3 is 9.13 Å². The van der Waals surface area contributed by atoms with Gasteiger partial charge in [0.15, 0.2) is 22.1 Å². The van der Waals surface area contributed by atoms with Gasteiger partial charge in [0.05, 0.1) is 22.1 Å². The first-order chi connectivity index (χ1) is 15.5. The van der Waals surface area contributed by atoms with Crippen LogP contribution in [0.2, 0.25) is 0 Å². The first-order valence-corrected chi connectivity index (χ1v) is 9.55. The van der Waals surface area contributed by atoms with E-state index in [9.17, 15) is 21.0 Å². The van der Waals surface area contributed by atoms with Crippen LogP contribution in [-0.4, -0.2) is 19.1 Å². The molecular formula is C24H12N8. The molecule has 2 aromatic heterocycles. The Morgan fingerprint density at radius 1 is 0.656 bits per heavy atom. The number of fused-ring (bicyclic) bond motifs is 5. The van der Waals surface area contributed by atoms with Crippen LogP contribution in [0.5, 0.6) is 0 Å². The monoisotopic (exact) mass is 412 g/mol. The van der Waals surface area contributed by atoms with Crippen LogP contribution in [0, 0.1) is 45.3 Å². The summed E-state index contributed by atoms with van der Waals surface area (Å²) in [4.78, 5) is 8.99. The Morgan fingerprint density at radius 3 is 1.38 bits per heavy atom. The molecule has 0 unspecified atom stereocenters. The molecule has 0 atom stereocenters. The quantitative estimate of drug-likeness (QED) is 0.358. The first-order valence-electron chi connectivity index (χ1n) is 9.55. The third-order valence-electron chi connectivity index (χ3n) is 5.73. The molecule has 0 amide bonds. The Kier molecular flexibility index (Phi) is 3.93. The SMILES string of the molecule is Cn1c(=C(C#N)C#N)nc2cc3ccc4cc5nc(=C(C#N)C#N)n(C)c5cc4c3cc21. The fourth-order valence-corrected chi connectivity index (χ4v) is 4.13. The van der Waals surface area contributed by atoms with E-state index in [-0.39, 0.29) is 11.1 Å². The third-order valence-corrected chi connectivity index (χ3v) is 5.73. The van der Waals surface area contributed by atoms with Gasteiger partial charge in [-0.1, -0.05) is 12.1 Å². The van der Waals surface area contributed by atoms with Crippen molar-refractivity contribution in [1.29, 1.82) is 21.0 Å². The summed E-state index contributed by atoms with van der Waals surface area (Å²) in [6.45, 7) is 0. The molecule has 8 nitrogen and oxygen atoms in total. The number of aryl methyl sites for hydroxylation is 2. The first kappa shape index (κ1) is 18.8. The molecule has 2 heterocycles. The maximum Gasteiger partial charge on any atom is 0.172 e. The predicted octanol–water partition coefficient (Wildman–Crippen LogP) is 2.16. The van der Waals surface area contributed by atoms with E-state index < -0.39 is 0 Å². The minimum absolute atomic E-state index is 0.0382. The third kappa shape index (κ3) is 2.45. The lowest BCUT2D eigenvalue weighted by Gasteiger charge is -2.06. The molecule has 5 aromatic rings. The van der Waals surface area contributed by atoms with Crippen LogP contribution in [0.25, 0.3) is 54.8 Å². The smallest absolute Gasteiger partial charge is 0.172 e. The second-order valence-corrected chi connectivity index (χ2v) is 7.38. The van der Waals surface area contributed by atoms with Crippen LogP contribution in [0.15, 0.2) is 36.4 Å². The lowest BCUT2D eigenvalue weighted by molar-refractivity contribution is 0.897. The second-order valence-electron chi connectivity index (χ2n) is 7.38. The molecule has 0 aliphatic carbocycles. The fourth-order valence-electron chi connectivity index (χ4n) is 4.13. The molecule has 32 heavy (non-hydrogen) atoms. The summed E-state index contributed by atoms with van der Waals surface area (Å²) in [6, 6.07) is 19.5. The molecule has 0 N–H and O–H groups in total. The van der Waals surface area contributed by atoms with Crippen molar-refractivity contribution in [3.8, 4) is 24.3 Å². The van der Waals surface area contributed by atoms with Crippen molar-refractivity contribution in [3.05, 3.63) is 47.4 Å². The molecule has 0 radical (unpaired) electrons. The number of aromatic nitrogens is 4. The number of benzene rings is 3. The van der Waals surface area contributed by atoms with Crippen LogP contribution in [0.3, 0.4) is 0 Å². The van der Waals surface area contributed by atoms with E-state index in [0.29, 0.717) is 22.0 Å². The predicted molar refractivity (Wildman–Crippen MR) is 119 cm³/mol. The summed E-state index contributed by atoms with van der Waals surface area (Å²) < 4.78 is 3.49. The van der Waals surface area contributed by atoms with E-state index in [2.05, 4.69) is 9.97 Å². The van der Waals surface area contributed by atoms with Crippen LogP contribution in [-0.2, 0) is 14.1 Å². The average Bonchev–Trinajstić information content (AvgIpc) is 3.29. The molecule has 0 aliphatic rings. The van der Waals surface area contributed by atoms with Crippen LogP contribution >= 0.6 is 0 Å². The molecule has 0 bridgehead atoms. The van der Waals surface area contributed by atoms with Crippen LogP contribution in [0.1, 0.15) is 0 Å². The molecule has 8 heteroatoms. The lowest BCUT2D eigenvalue weighted by atomic mass is 10.0. The minimum atomic E-state index is -0.0382. The summed E-state index contributed by atoms with van der Waals surface area (Å²) in [7, 11) is 3.56. The van der Waals surface area contributed by atoms with E-state index in [1.54, 1.807) is 23.2 Å². The lowest BCUT2D eigenvalue weighted by Crippen LogP contribution is -2.17. The maximum atomic E-state index is 9.25. The van der Waals surface area contributed by atoms with E-state index in [1.165, 1.54) is 0 Å². The zero-order valence-electron chi connectivity index (χ0n) is 17.0. The van der Waals surface area contributed by atoms with Gasteiger partial charge >= 0.3 is 0 Å². The van der Waals surface area contributed by atoms with Gasteiger partial charge in [-0.05, 0) is 45.8 Å². The summed E-state index contributed by atoms with van der Waals surface area (Å²) in [5.74, 6) is 0. The average molecular weight is 412 g/mol. The largest absolute Gasteiger partial charge is 0.326 e. The highest BCUT2D eigenvalue weighted by atomic mass is 15.0. The molecule has 0 spiro atoms. The highest BCUT2D eigenvalue weighted by molar-refractivity contribution is 6.14. The number of imidazole rings is 2. The Hall–Kier alpha value is -5.18. The van der Waals surface area contributed by atoms with Crippen molar-refractivity contribution in [1.82, 2.24) is 19.1 Å². The number of nitrogens with zero attached hydrogens (tertiary/aromatic N) is 8. The number of hydrogen-bond donors (Lipinski definition) is 0. The van der Waals surface area contributed by atoms with Gasteiger partial charge in [-0.2, -0.15) is 21.0 Å². The van der Waals surface area contributed by atoms with Crippen molar-refractivity contribution < 1.29 is 0 Å². The molecule has 148 valence electrons. The summed E-state index contributed by atoms with van der Waals surface area (Å²) in [5.41, 5.74) is 3.59. The Morgan fingerprint density at radius 2 is 1.03 bits per heavy atom. The molecule has 0 saturated carbocycles. The van der Waals surface area contributed by atoms with E-state index in [4.69, 9.17) is 0 Å². The molecule has 5 rings (SSSR count). The van der Waals surface area contributed by atoms with Crippen molar-refractivity contribution in [3.63, 3.8) is 0 Å². The number of rotatable bonds is 0. The van der Waals surface area contributed by atoms with Gasteiger partial charge in [0, 0.05) is 14.1 Å². The molecule has 0 saturated heterocycles. The van der Waals surface area contributed by atoms with E-state index in [1.807, 2.05) is 60.7 Å². The Bertz CT molecular complexity index is 1770. The normalized spacial score (nSPS) is 10.7. The van der Waals surface area contributed by atoms with Gasteiger partial charge in [-0.25, -0.2) is 9.97 Å². The number of hydrogen-bond acceptors (Lipinski definition) is 6. The summed E-state index contributed by atoms with van der Waals surface area (Å²) in [6.07, 6.45) is 0. The van der Waals surface area contributed by atoms with Crippen molar-refractivity contribution in [2.45, 2.75) is 0 Å². The molecule has 0 fully saturated rings. The van der Waals surface area contributed by atoms with Gasteiger partial charge in [0.2, 0.25) is 0 Å². The van der Waals surface area contributed by atoms with Gasteiger partial charge in [-0.3, -0.25) is 0 Å². The van der Waals surface area contributed by atoms with Crippen molar-refractivity contribution >= 4 is 54.8 Å². The van der Waals surface area contributed by atoms with Crippen LogP contribution < -0.4 is 11.0 Å². The highest BCUT2D eigenvalue weighted by Crippen LogP contribution is 2.31. The van der Waals surface area contributed by atoms with Gasteiger partial charge in [0.25, 0.3) is 0 Å². The second kappa shape index (κ2) is 6.67. The minimum Gasteiger partial charge on any atom is -0.326 e. The van der Waals surface area contributed by atoms with Gasteiger partial charge in [-0.15, -0.1) is 0 Å².